The van der Waals surface area contributed by atoms with Gasteiger partial charge in [0.05, 0.1) is 39.9 Å². The van der Waals surface area contributed by atoms with Gasteiger partial charge in [0.15, 0.2) is 5.78 Å². The Morgan fingerprint density at radius 3 is 2.57 bits per heavy atom. The summed E-state index contributed by atoms with van der Waals surface area (Å²) in [5.41, 5.74) is 2.55. The number of nitriles is 1. The van der Waals surface area contributed by atoms with Gasteiger partial charge in [-0.05, 0) is 83.6 Å². The average molecular weight is 503 g/mol. The molecule has 0 bridgehead atoms. The number of amides is 1. The van der Waals surface area contributed by atoms with Crippen molar-refractivity contribution in [2.75, 3.05) is 5.32 Å². The van der Waals surface area contributed by atoms with Crippen LogP contribution in [-0.4, -0.2) is 49.1 Å². The highest BCUT2D eigenvalue weighted by molar-refractivity contribution is 6.00. The lowest BCUT2D eigenvalue weighted by molar-refractivity contribution is -0.135. The van der Waals surface area contributed by atoms with Crippen molar-refractivity contribution in [3.05, 3.63) is 47.8 Å². The smallest absolute Gasteiger partial charge is 0.255 e. The zero-order valence-corrected chi connectivity index (χ0v) is 21.8. The summed E-state index contributed by atoms with van der Waals surface area (Å²) in [7, 11) is 0. The molecule has 9 heteroatoms. The third-order valence-corrected chi connectivity index (χ3v) is 6.82. The van der Waals surface area contributed by atoms with Crippen molar-refractivity contribution in [1.82, 2.24) is 19.9 Å². The van der Waals surface area contributed by atoms with E-state index in [1.807, 2.05) is 32.0 Å². The monoisotopic (exact) mass is 502 g/mol. The number of aliphatic hydroxyl groups is 1. The van der Waals surface area contributed by atoms with Crippen LogP contribution in [0.3, 0.4) is 0 Å². The van der Waals surface area contributed by atoms with Crippen LogP contribution >= 0.6 is 0 Å². The molecule has 0 radical (unpaired) electrons. The first-order valence-corrected chi connectivity index (χ1v) is 12.8. The van der Waals surface area contributed by atoms with Gasteiger partial charge >= 0.3 is 0 Å². The summed E-state index contributed by atoms with van der Waals surface area (Å²) in [6, 6.07) is 9.63. The molecule has 0 spiro atoms. The van der Waals surface area contributed by atoms with Gasteiger partial charge in [0.1, 0.15) is 11.7 Å². The van der Waals surface area contributed by atoms with Crippen LogP contribution < -0.4 is 10.6 Å². The van der Waals surface area contributed by atoms with Crippen molar-refractivity contribution in [2.24, 2.45) is 5.92 Å². The summed E-state index contributed by atoms with van der Waals surface area (Å²) in [4.78, 5) is 30.0. The number of nitrogens with one attached hydrogen (secondary N) is 2. The molecule has 3 N–H and O–H groups in total. The topological polar surface area (TPSA) is 132 Å². The minimum atomic E-state index is -1.30. The number of carbonyl (C=O) groups is 2. The second-order valence-corrected chi connectivity index (χ2v) is 10.7. The number of rotatable bonds is 8. The lowest BCUT2D eigenvalue weighted by Gasteiger charge is -2.30. The number of anilines is 1. The predicted molar refractivity (Wildman–Crippen MR) is 141 cm³/mol. The summed E-state index contributed by atoms with van der Waals surface area (Å²) in [5, 5.41) is 29.9. The Balaban J connectivity index is 1.48. The van der Waals surface area contributed by atoms with Gasteiger partial charge in [-0.2, -0.15) is 10.4 Å². The molecule has 37 heavy (non-hydrogen) atoms. The van der Waals surface area contributed by atoms with E-state index in [2.05, 4.69) is 26.8 Å². The van der Waals surface area contributed by atoms with Gasteiger partial charge < -0.3 is 15.7 Å². The molecule has 1 saturated carbocycles. The molecular weight excluding hydrogens is 468 g/mol. The molecule has 0 saturated heterocycles. The van der Waals surface area contributed by atoms with Crippen molar-refractivity contribution < 1.29 is 14.7 Å². The summed E-state index contributed by atoms with van der Waals surface area (Å²) in [5.74, 6) is -0.0806. The third kappa shape index (κ3) is 6.15. The van der Waals surface area contributed by atoms with Crippen LogP contribution in [0.15, 0.2) is 36.7 Å². The summed E-state index contributed by atoms with van der Waals surface area (Å²) in [6.45, 7) is 7.08. The highest BCUT2D eigenvalue weighted by atomic mass is 16.3. The average Bonchev–Trinajstić information content (AvgIpc) is 3.27. The Bertz CT molecular complexity index is 1340. The minimum absolute atomic E-state index is 0.0284. The molecule has 0 aliphatic heterocycles. The number of Topliss-reactive ketones (excluding diaryl/α,β-unsaturated/α-hetero) is 1. The van der Waals surface area contributed by atoms with Crippen LogP contribution in [0.4, 0.5) is 5.69 Å². The second-order valence-electron chi connectivity index (χ2n) is 10.7. The Labute approximate surface area is 216 Å². The van der Waals surface area contributed by atoms with E-state index in [4.69, 9.17) is 5.26 Å². The van der Waals surface area contributed by atoms with E-state index in [-0.39, 0.29) is 29.7 Å². The van der Waals surface area contributed by atoms with Crippen LogP contribution in [0.1, 0.15) is 75.7 Å². The maximum atomic E-state index is 13.3. The van der Waals surface area contributed by atoms with Gasteiger partial charge in [-0.25, -0.2) is 4.52 Å². The normalized spacial score (nSPS) is 18.0. The Hall–Kier alpha value is -3.77. The van der Waals surface area contributed by atoms with Crippen molar-refractivity contribution in [2.45, 2.75) is 77.5 Å². The Morgan fingerprint density at radius 1 is 1.19 bits per heavy atom. The predicted octanol–water partition coefficient (Wildman–Crippen LogP) is 4.11. The number of fused-ring (bicyclic) bond motifs is 1. The van der Waals surface area contributed by atoms with Gasteiger partial charge in [-0.15, -0.1) is 0 Å². The first-order valence-electron chi connectivity index (χ1n) is 12.8. The minimum Gasteiger partial charge on any atom is -0.383 e. The SMILES string of the molecule is CC(C)Nc1cc(-c2ccc3cc(C#N)cnn23)ncc1C(=O)NC1CCC(CC(=O)C(C)(C)O)CC1. The molecule has 9 nitrogen and oxygen atoms in total. The Kier molecular flexibility index (Phi) is 7.60. The quantitative estimate of drug-likeness (QED) is 0.422. The van der Waals surface area contributed by atoms with E-state index >= 15 is 0 Å². The van der Waals surface area contributed by atoms with Crippen molar-refractivity contribution in [1.29, 1.82) is 5.26 Å². The van der Waals surface area contributed by atoms with Crippen molar-refractivity contribution >= 4 is 22.9 Å². The highest BCUT2D eigenvalue weighted by Gasteiger charge is 2.30. The largest absolute Gasteiger partial charge is 0.383 e. The maximum absolute atomic E-state index is 13.3. The summed E-state index contributed by atoms with van der Waals surface area (Å²) >= 11 is 0. The fourth-order valence-electron chi connectivity index (χ4n) is 4.75. The van der Waals surface area contributed by atoms with Crippen molar-refractivity contribution in [3.8, 4) is 17.5 Å². The fraction of sp³-hybridized carbons (Fsp3) is 0.464. The molecular formula is C28H34N6O3. The molecule has 3 aromatic heterocycles. The first-order chi connectivity index (χ1) is 17.5. The van der Waals surface area contributed by atoms with E-state index in [0.29, 0.717) is 28.9 Å². The zero-order chi connectivity index (χ0) is 26.7. The van der Waals surface area contributed by atoms with Crippen LogP contribution in [0.2, 0.25) is 0 Å². The summed E-state index contributed by atoms with van der Waals surface area (Å²) < 4.78 is 1.73. The Morgan fingerprint density at radius 2 is 1.92 bits per heavy atom. The van der Waals surface area contributed by atoms with E-state index in [0.717, 1.165) is 36.9 Å². The number of ketones is 1. The second kappa shape index (κ2) is 10.7. The highest BCUT2D eigenvalue weighted by Crippen LogP contribution is 2.30. The van der Waals surface area contributed by atoms with Gasteiger partial charge in [0.25, 0.3) is 5.91 Å². The molecule has 3 aromatic rings. The van der Waals surface area contributed by atoms with E-state index in [1.165, 1.54) is 20.0 Å². The lowest BCUT2D eigenvalue weighted by Crippen LogP contribution is -2.39. The number of hydrogen-bond acceptors (Lipinski definition) is 7. The molecule has 0 unspecified atom stereocenters. The number of pyridine rings is 1. The summed E-state index contributed by atoms with van der Waals surface area (Å²) in [6.07, 6.45) is 6.73. The lowest BCUT2D eigenvalue weighted by atomic mass is 9.81. The standard InChI is InChI=1S/C28H34N6O3/c1-17(2)32-23-13-24(25-10-9-21-11-19(14-29)15-31-34(21)25)30-16-22(23)27(36)33-20-7-5-18(6-8-20)12-26(35)28(3,4)37/h9-11,13,15-18,20,37H,5-8,12H2,1-4H3,(H,30,32)(H,33,36). The number of aromatic nitrogens is 3. The molecule has 0 aromatic carbocycles. The number of nitrogens with zero attached hydrogens (tertiary/aromatic N) is 4. The van der Waals surface area contributed by atoms with E-state index in [9.17, 15) is 14.7 Å². The van der Waals surface area contributed by atoms with Gasteiger partial charge in [0.2, 0.25) is 0 Å². The van der Waals surface area contributed by atoms with Crippen LogP contribution in [0, 0.1) is 17.2 Å². The van der Waals surface area contributed by atoms with E-state index < -0.39 is 5.60 Å². The van der Waals surface area contributed by atoms with Crippen LogP contribution in [0.25, 0.3) is 16.9 Å². The van der Waals surface area contributed by atoms with Gasteiger partial charge in [-0.1, -0.05) is 0 Å². The van der Waals surface area contributed by atoms with E-state index in [1.54, 1.807) is 16.8 Å². The molecule has 0 atom stereocenters. The molecule has 1 aliphatic rings. The first kappa shape index (κ1) is 26.3. The van der Waals surface area contributed by atoms with Crippen LogP contribution in [-0.2, 0) is 4.79 Å². The third-order valence-electron chi connectivity index (χ3n) is 6.82. The maximum Gasteiger partial charge on any atom is 0.255 e. The molecule has 3 heterocycles. The molecule has 1 fully saturated rings. The number of carbonyl (C=O) groups excluding carboxylic acids is 2. The molecule has 1 amide bonds. The fourth-order valence-corrected chi connectivity index (χ4v) is 4.75. The van der Waals surface area contributed by atoms with Gasteiger partial charge in [-0.3, -0.25) is 14.6 Å². The zero-order valence-electron chi connectivity index (χ0n) is 21.8. The van der Waals surface area contributed by atoms with Gasteiger partial charge in [0, 0.05) is 24.7 Å². The number of hydrogen-bond donors (Lipinski definition) is 3. The van der Waals surface area contributed by atoms with Crippen LogP contribution in [0.5, 0.6) is 0 Å². The van der Waals surface area contributed by atoms with Crippen molar-refractivity contribution in [3.63, 3.8) is 0 Å². The molecule has 1 aliphatic carbocycles. The molecule has 194 valence electrons. The molecule has 4 rings (SSSR count).